The number of nitrogens with zero attached hydrogens (tertiary/aromatic N) is 4. The Bertz CT molecular complexity index is 1130. The van der Waals surface area contributed by atoms with Crippen molar-refractivity contribution >= 4 is 11.0 Å². The molecule has 2 heterocycles. The lowest BCUT2D eigenvalue weighted by Gasteiger charge is -2.21. The Hall–Kier alpha value is -3.13. The Balaban J connectivity index is 2.29. The Morgan fingerprint density at radius 3 is 2.67 bits per heavy atom. The maximum absolute atomic E-state index is 12.2. The molecule has 0 spiro atoms. The predicted octanol–water partition coefficient (Wildman–Crippen LogP) is -1.13. The Kier molecular flexibility index (Phi) is 5.00. The molecule has 4 N–H and O–H groups in total. The minimum absolute atomic E-state index is 0.0402. The van der Waals surface area contributed by atoms with Gasteiger partial charge in [-0.15, -0.1) is 0 Å². The lowest BCUT2D eigenvalue weighted by Crippen LogP contribution is -2.31. The topological polar surface area (TPSA) is 165 Å². The average Bonchev–Trinajstić information content (AvgIpc) is 2.61. The van der Waals surface area contributed by atoms with E-state index in [1.165, 1.54) is 4.57 Å². The summed E-state index contributed by atoms with van der Waals surface area (Å²) in [4.78, 5) is 33.9. The van der Waals surface area contributed by atoms with Gasteiger partial charge in [0.15, 0.2) is 11.5 Å². The van der Waals surface area contributed by atoms with Crippen molar-refractivity contribution < 1.29 is 15.3 Å². The first kappa shape index (κ1) is 18.7. The zero-order chi connectivity index (χ0) is 19.7. The maximum Gasteiger partial charge on any atom is 0.349 e. The standard InChI is InChI=1S/C17H17N5O5/c1-8-2-12-13(3-9(8)5-18)22(6-10(24)4-11(25)7-23)15-14(19-12)16(26)21-17(27)20-15/h2-3,10-11,23-25H,4,6-7H2,1H3,(H,21,26,27). The predicted molar refractivity (Wildman–Crippen MR) is 94.2 cm³/mol. The number of nitriles is 1. The largest absolute Gasteiger partial charge is 0.394 e. The number of nitrogens with one attached hydrogen (secondary N) is 1. The molecular weight excluding hydrogens is 354 g/mol. The van der Waals surface area contributed by atoms with E-state index in [1.54, 1.807) is 19.1 Å². The fourth-order valence-electron chi connectivity index (χ4n) is 2.92. The van der Waals surface area contributed by atoms with Crippen LogP contribution in [0.15, 0.2) is 21.7 Å². The smallest absolute Gasteiger partial charge is 0.349 e. The molecule has 27 heavy (non-hydrogen) atoms. The van der Waals surface area contributed by atoms with E-state index in [0.29, 0.717) is 22.2 Å². The summed E-state index contributed by atoms with van der Waals surface area (Å²) < 4.78 is 1.42. The van der Waals surface area contributed by atoms with Crippen molar-refractivity contribution in [1.82, 2.24) is 19.5 Å². The summed E-state index contributed by atoms with van der Waals surface area (Å²) in [7, 11) is 0. The summed E-state index contributed by atoms with van der Waals surface area (Å²) in [6.45, 7) is 1.08. The van der Waals surface area contributed by atoms with Gasteiger partial charge in [-0.1, -0.05) is 0 Å². The third-order valence-electron chi connectivity index (χ3n) is 4.22. The van der Waals surface area contributed by atoms with E-state index in [4.69, 9.17) is 5.11 Å². The number of aromatic amines is 1. The first-order valence-electron chi connectivity index (χ1n) is 8.16. The van der Waals surface area contributed by atoms with Gasteiger partial charge in [-0.05, 0) is 24.6 Å². The highest BCUT2D eigenvalue weighted by Gasteiger charge is 2.22. The zero-order valence-electron chi connectivity index (χ0n) is 14.4. The first-order chi connectivity index (χ1) is 12.8. The number of aliphatic hydroxyl groups is 3. The van der Waals surface area contributed by atoms with E-state index >= 15 is 0 Å². The molecule has 0 bridgehead atoms. The van der Waals surface area contributed by atoms with Crippen LogP contribution in [0.2, 0.25) is 0 Å². The average molecular weight is 371 g/mol. The monoisotopic (exact) mass is 371 g/mol. The van der Waals surface area contributed by atoms with E-state index in [9.17, 15) is 25.1 Å². The lowest BCUT2D eigenvalue weighted by atomic mass is 10.1. The quantitative estimate of drug-likeness (QED) is 0.409. The molecule has 0 saturated carbocycles. The van der Waals surface area contributed by atoms with Gasteiger partial charge >= 0.3 is 5.69 Å². The number of H-pyrrole nitrogens is 1. The molecular formula is C17H17N5O5. The van der Waals surface area contributed by atoms with Crippen LogP contribution in [0.4, 0.5) is 0 Å². The number of hydrogen-bond acceptors (Lipinski definition) is 8. The molecule has 1 aromatic rings. The first-order valence-corrected chi connectivity index (χ1v) is 8.16. The molecule has 0 aliphatic carbocycles. The minimum atomic E-state index is -1.12. The molecule has 0 amide bonds. The molecule has 2 aliphatic rings. The number of rotatable bonds is 5. The summed E-state index contributed by atoms with van der Waals surface area (Å²) in [5.41, 5.74) is 0.159. The van der Waals surface area contributed by atoms with Crippen LogP contribution in [0.25, 0.3) is 22.6 Å². The number of hydrogen-bond donors (Lipinski definition) is 4. The van der Waals surface area contributed by atoms with Crippen molar-refractivity contribution in [3.63, 3.8) is 0 Å². The zero-order valence-corrected chi connectivity index (χ0v) is 14.4. The van der Waals surface area contributed by atoms with Gasteiger partial charge in [-0.3, -0.25) is 9.78 Å². The summed E-state index contributed by atoms with van der Waals surface area (Å²) in [6, 6.07) is 5.22. The van der Waals surface area contributed by atoms with E-state index in [-0.39, 0.29) is 24.5 Å². The second kappa shape index (κ2) is 7.24. The molecule has 10 heteroatoms. The SMILES string of the molecule is Cc1cc2nc3c(=O)[nH]c(=O)nc-3n(CC(O)CC(O)CO)c2cc1C#N. The minimum Gasteiger partial charge on any atom is -0.394 e. The highest BCUT2D eigenvalue weighted by Crippen LogP contribution is 2.24. The fourth-order valence-corrected chi connectivity index (χ4v) is 2.92. The van der Waals surface area contributed by atoms with Crippen LogP contribution in [-0.2, 0) is 6.54 Å². The normalized spacial score (nSPS) is 13.6. The van der Waals surface area contributed by atoms with Gasteiger partial charge < -0.3 is 19.9 Å². The van der Waals surface area contributed by atoms with Crippen molar-refractivity contribution in [2.45, 2.75) is 32.1 Å². The van der Waals surface area contributed by atoms with Crippen molar-refractivity contribution in [2.75, 3.05) is 6.61 Å². The van der Waals surface area contributed by atoms with Gasteiger partial charge in [0, 0.05) is 6.42 Å². The van der Waals surface area contributed by atoms with E-state index in [0.717, 1.165) is 0 Å². The second-order valence-corrected chi connectivity index (χ2v) is 6.26. The molecule has 1 aromatic carbocycles. The number of aliphatic hydroxyl groups excluding tert-OH is 3. The van der Waals surface area contributed by atoms with Gasteiger partial charge in [0.25, 0.3) is 5.56 Å². The third kappa shape index (κ3) is 3.56. The van der Waals surface area contributed by atoms with Gasteiger partial charge in [0.05, 0.1) is 48.0 Å². The molecule has 3 rings (SSSR count). The van der Waals surface area contributed by atoms with Gasteiger partial charge in [0.2, 0.25) is 0 Å². The van der Waals surface area contributed by atoms with Crippen LogP contribution in [0, 0.1) is 18.3 Å². The van der Waals surface area contributed by atoms with Crippen molar-refractivity contribution in [1.29, 1.82) is 5.26 Å². The van der Waals surface area contributed by atoms with Crippen molar-refractivity contribution in [2.24, 2.45) is 0 Å². The highest BCUT2D eigenvalue weighted by atomic mass is 16.3. The maximum atomic E-state index is 12.2. The molecule has 0 aromatic heterocycles. The van der Waals surface area contributed by atoms with Crippen molar-refractivity contribution in [3.8, 4) is 17.6 Å². The Labute approximate surface area is 152 Å². The Morgan fingerprint density at radius 1 is 1.26 bits per heavy atom. The van der Waals surface area contributed by atoms with Gasteiger partial charge in [0.1, 0.15) is 0 Å². The molecule has 2 atom stereocenters. The number of aryl methyl sites for hydroxylation is 1. The number of benzene rings is 1. The summed E-state index contributed by atoms with van der Waals surface area (Å²) in [5, 5.41) is 38.1. The van der Waals surface area contributed by atoms with Crippen LogP contribution in [0.5, 0.6) is 0 Å². The summed E-state index contributed by atoms with van der Waals surface area (Å²) >= 11 is 0. The van der Waals surface area contributed by atoms with Crippen molar-refractivity contribution in [3.05, 3.63) is 44.1 Å². The molecule has 140 valence electrons. The molecule has 10 nitrogen and oxygen atoms in total. The number of aromatic nitrogens is 4. The molecule has 0 saturated heterocycles. The van der Waals surface area contributed by atoms with Gasteiger partial charge in [-0.2, -0.15) is 10.2 Å². The van der Waals surface area contributed by atoms with Gasteiger partial charge in [-0.25, -0.2) is 9.78 Å². The third-order valence-corrected chi connectivity index (χ3v) is 4.22. The molecule has 0 radical (unpaired) electrons. The molecule has 2 unspecified atom stereocenters. The second-order valence-electron chi connectivity index (χ2n) is 6.26. The van der Waals surface area contributed by atoms with Crippen LogP contribution in [0.1, 0.15) is 17.5 Å². The lowest BCUT2D eigenvalue weighted by molar-refractivity contribution is 0.0362. The van der Waals surface area contributed by atoms with E-state index in [1.807, 2.05) is 0 Å². The summed E-state index contributed by atoms with van der Waals surface area (Å²) in [5.74, 6) is -0.0402. The van der Waals surface area contributed by atoms with E-state index < -0.39 is 30.1 Å². The van der Waals surface area contributed by atoms with Crippen LogP contribution >= 0.6 is 0 Å². The van der Waals surface area contributed by atoms with Crippen LogP contribution < -0.4 is 11.2 Å². The number of fused-ring (bicyclic) bond motifs is 2. The summed E-state index contributed by atoms with van der Waals surface area (Å²) in [6.07, 6.45) is -2.35. The highest BCUT2D eigenvalue weighted by molar-refractivity contribution is 5.81. The Morgan fingerprint density at radius 2 is 2.00 bits per heavy atom. The van der Waals surface area contributed by atoms with E-state index in [2.05, 4.69) is 21.0 Å². The van der Waals surface area contributed by atoms with Crippen LogP contribution in [-0.4, -0.2) is 53.7 Å². The fraction of sp³-hybridized carbons (Fsp3) is 0.353. The molecule has 2 aliphatic heterocycles. The van der Waals surface area contributed by atoms with Crippen LogP contribution in [0.3, 0.4) is 0 Å². The molecule has 0 fully saturated rings.